The maximum Gasteiger partial charge on any atom is 0.416 e. The van der Waals surface area contributed by atoms with Gasteiger partial charge in [-0.2, -0.15) is 39.5 Å². The summed E-state index contributed by atoms with van der Waals surface area (Å²) >= 11 is 0. The first-order valence-corrected chi connectivity index (χ1v) is 13.1. The zero-order valence-corrected chi connectivity index (χ0v) is 24.0. The number of benzene rings is 3. The topological polar surface area (TPSA) is 70.0 Å². The molecule has 2 N–H and O–H groups in total. The van der Waals surface area contributed by atoms with E-state index in [2.05, 4.69) is 0 Å². The van der Waals surface area contributed by atoms with Gasteiger partial charge in [0, 0.05) is 11.6 Å². The Hall–Kier alpha value is -4.01. The standard InChI is InChI=1S/C30H27F10NO4/c1-14(2)22-11-23(25(45-4)12-24(22)31)21-6-5-18(28(32,33)34)9-17(21)13-41(27(43)44)15(3)26(42)16-7-19(29(35,36)37)10-20(8-16)30(38,39)40/h5-12,14-15,26,42H,13H2,1-4H3,(H,43,44)/t15-,26+/m0/s1. The molecule has 246 valence electrons. The van der Waals surface area contributed by atoms with E-state index in [0.717, 1.165) is 19.1 Å². The predicted octanol–water partition coefficient (Wildman–Crippen LogP) is 9.28. The molecule has 0 saturated carbocycles. The Labute approximate surface area is 250 Å². The Balaban J connectivity index is 2.19. The Morgan fingerprint density at radius 3 is 1.78 bits per heavy atom. The van der Waals surface area contributed by atoms with Crippen molar-refractivity contribution in [3.63, 3.8) is 0 Å². The molecule has 0 unspecified atom stereocenters. The number of aliphatic hydroxyl groups excluding tert-OH is 1. The van der Waals surface area contributed by atoms with Gasteiger partial charge in [-0.3, -0.25) is 4.90 Å². The van der Waals surface area contributed by atoms with E-state index in [1.807, 2.05) is 0 Å². The lowest BCUT2D eigenvalue weighted by Gasteiger charge is -2.32. The van der Waals surface area contributed by atoms with Crippen molar-refractivity contribution in [2.24, 2.45) is 0 Å². The summed E-state index contributed by atoms with van der Waals surface area (Å²) in [6, 6.07) is 3.11. The van der Waals surface area contributed by atoms with Crippen molar-refractivity contribution in [2.45, 2.75) is 63.9 Å². The van der Waals surface area contributed by atoms with Crippen molar-refractivity contribution < 1.29 is 63.6 Å². The average molecular weight is 656 g/mol. The molecule has 0 aliphatic carbocycles. The molecule has 3 rings (SSSR count). The number of nitrogens with zero attached hydrogens (tertiary/aromatic N) is 1. The maximum absolute atomic E-state index is 14.7. The molecular weight excluding hydrogens is 628 g/mol. The number of aliphatic hydroxyl groups is 1. The zero-order chi connectivity index (χ0) is 34.2. The molecule has 3 aromatic rings. The molecule has 45 heavy (non-hydrogen) atoms. The van der Waals surface area contributed by atoms with Gasteiger partial charge in [0.05, 0.1) is 42.5 Å². The van der Waals surface area contributed by atoms with Crippen molar-refractivity contribution in [1.82, 2.24) is 4.90 Å². The second kappa shape index (κ2) is 12.8. The highest BCUT2D eigenvalue weighted by molar-refractivity contribution is 5.76. The molecular formula is C30H27F10NO4. The van der Waals surface area contributed by atoms with Crippen molar-refractivity contribution in [3.05, 3.63) is 87.7 Å². The second-order valence-corrected chi connectivity index (χ2v) is 10.5. The van der Waals surface area contributed by atoms with Crippen LogP contribution in [0.3, 0.4) is 0 Å². The van der Waals surface area contributed by atoms with Crippen molar-refractivity contribution >= 4 is 6.09 Å². The minimum absolute atomic E-state index is 0.0342. The molecule has 0 bridgehead atoms. The Morgan fingerprint density at radius 2 is 1.33 bits per heavy atom. The van der Waals surface area contributed by atoms with E-state index in [4.69, 9.17) is 4.74 Å². The van der Waals surface area contributed by atoms with E-state index < -0.39 is 77.3 Å². The van der Waals surface area contributed by atoms with Crippen LogP contribution in [0.5, 0.6) is 5.75 Å². The summed E-state index contributed by atoms with van der Waals surface area (Å²) in [5.41, 5.74) is -5.79. The maximum atomic E-state index is 14.7. The van der Waals surface area contributed by atoms with Gasteiger partial charge in [0.2, 0.25) is 0 Å². The van der Waals surface area contributed by atoms with Gasteiger partial charge in [-0.05, 0) is 71.5 Å². The quantitative estimate of drug-likeness (QED) is 0.238. The molecule has 0 heterocycles. The summed E-state index contributed by atoms with van der Waals surface area (Å²) in [4.78, 5) is 12.7. The van der Waals surface area contributed by atoms with E-state index in [-0.39, 0.29) is 46.2 Å². The van der Waals surface area contributed by atoms with Crippen LogP contribution < -0.4 is 4.74 Å². The van der Waals surface area contributed by atoms with Gasteiger partial charge >= 0.3 is 24.6 Å². The van der Waals surface area contributed by atoms with E-state index in [0.29, 0.717) is 17.0 Å². The van der Waals surface area contributed by atoms with Gasteiger partial charge < -0.3 is 14.9 Å². The zero-order valence-electron chi connectivity index (χ0n) is 24.0. The number of alkyl halides is 9. The molecule has 1 amide bonds. The lowest BCUT2D eigenvalue weighted by atomic mass is 9.91. The van der Waals surface area contributed by atoms with Crippen LogP contribution in [-0.2, 0) is 25.1 Å². The number of amides is 1. The number of methoxy groups -OCH3 is 1. The normalized spacial score (nSPS) is 14.0. The number of carboxylic acid groups (broad SMARTS) is 1. The van der Waals surface area contributed by atoms with Crippen LogP contribution in [0.4, 0.5) is 48.7 Å². The van der Waals surface area contributed by atoms with E-state index in [1.165, 1.54) is 13.2 Å². The monoisotopic (exact) mass is 655 g/mol. The molecule has 0 aliphatic heterocycles. The summed E-state index contributed by atoms with van der Waals surface area (Å²) in [6.07, 6.45) is -19.6. The fraction of sp³-hybridized carbons (Fsp3) is 0.367. The Bertz CT molecular complexity index is 1520. The lowest BCUT2D eigenvalue weighted by Crippen LogP contribution is -2.41. The van der Waals surface area contributed by atoms with Crippen LogP contribution in [0.15, 0.2) is 48.5 Å². The van der Waals surface area contributed by atoms with Crippen LogP contribution in [0.25, 0.3) is 11.1 Å². The minimum atomic E-state index is -5.26. The van der Waals surface area contributed by atoms with E-state index in [1.54, 1.807) is 13.8 Å². The predicted molar refractivity (Wildman–Crippen MR) is 142 cm³/mol. The first-order valence-electron chi connectivity index (χ1n) is 13.1. The SMILES string of the molecule is COc1cc(F)c(C(C)C)cc1-c1ccc(C(F)(F)F)cc1CN(C(=O)O)[C@@H](C)[C@@H](O)c1cc(C(F)(F)F)cc(C(F)(F)F)c1. The summed E-state index contributed by atoms with van der Waals surface area (Å²) in [5, 5.41) is 20.8. The van der Waals surface area contributed by atoms with Crippen LogP contribution in [-0.4, -0.2) is 34.4 Å². The third-order valence-corrected chi connectivity index (χ3v) is 7.15. The molecule has 0 fully saturated rings. The van der Waals surface area contributed by atoms with Crippen molar-refractivity contribution in [1.29, 1.82) is 0 Å². The molecule has 0 saturated heterocycles. The number of carbonyl (C=O) groups is 1. The highest BCUT2D eigenvalue weighted by Crippen LogP contribution is 2.41. The molecule has 0 aliphatic rings. The van der Waals surface area contributed by atoms with Gasteiger partial charge in [-0.1, -0.05) is 19.9 Å². The van der Waals surface area contributed by atoms with Crippen LogP contribution in [0, 0.1) is 5.82 Å². The highest BCUT2D eigenvalue weighted by atomic mass is 19.4. The first kappa shape index (κ1) is 35.5. The third-order valence-electron chi connectivity index (χ3n) is 7.15. The summed E-state index contributed by atoms with van der Waals surface area (Å²) in [6.45, 7) is 3.34. The highest BCUT2D eigenvalue weighted by Gasteiger charge is 2.39. The summed E-state index contributed by atoms with van der Waals surface area (Å²) in [7, 11) is 1.17. The van der Waals surface area contributed by atoms with Crippen LogP contribution in [0.2, 0.25) is 0 Å². The van der Waals surface area contributed by atoms with Gasteiger partial charge in [-0.15, -0.1) is 0 Å². The van der Waals surface area contributed by atoms with Crippen LogP contribution >= 0.6 is 0 Å². The summed E-state index contributed by atoms with van der Waals surface area (Å²) in [5.74, 6) is -1.19. The van der Waals surface area contributed by atoms with Gasteiger partial charge in [0.15, 0.2) is 0 Å². The first-order chi connectivity index (χ1) is 20.6. The largest absolute Gasteiger partial charge is 0.496 e. The molecule has 0 spiro atoms. The number of rotatable bonds is 8. The molecule has 3 aromatic carbocycles. The van der Waals surface area contributed by atoms with E-state index in [9.17, 15) is 58.9 Å². The molecule has 5 nitrogen and oxygen atoms in total. The number of hydrogen-bond donors (Lipinski definition) is 2. The van der Waals surface area contributed by atoms with Gasteiger partial charge in [0.1, 0.15) is 11.6 Å². The van der Waals surface area contributed by atoms with E-state index >= 15 is 0 Å². The van der Waals surface area contributed by atoms with Crippen molar-refractivity contribution in [2.75, 3.05) is 7.11 Å². The minimum Gasteiger partial charge on any atom is -0.496 e. The number of ether oxygens (including phenoxy) is 1. The van der Waals surface area contributed by atoms with Gasteiger partial charge in [-0.25, -0.2) is 9.18 Å². The fourth-order valence-electron chi connectivity index (χ4n) is 4.73. The van der Waals surface area contributed by atoms with Crippen molar-refractivity contribution in [3.8, 4) is 16.9 Å². The van der Waals surface area contributed by atoms with Crippen LogP contribution in [0.1, 0.15) is 66.2 Å². The molecule has 15 heteroatoms. The summed E-state index contributed by atoms with van der Waals surface area (Å²) < 4.78 is 141. The lowest BCUT2D eigenvalue weighted by molar-refractivity contribution is -0.143. The third kappa shape index (κ3) is 7.99. The average Bonchev–Trinajstić information content (AvgIpc) is 2.92. The number of hydrogen-bond acceptors (Lipinski definition) is 3. The number of halogens is 10. The van der Waals surface area contributed by atoms with Gasteiger partial charge in [0.25, 0.3) is 0 Å². The Kier molecular flexibility index (Phi) is 10.1. The second-order valence-electron chi connectivity index (χ2n) is 10.5. The molecule has 2 atom stereocenters. The molecule has 0 radical (unpaired) electrons. The smallest absolute Gasteiger partial charge is 0.416 e. The molecule has 0 aromatic heterocycles. The Morgan fingerprint density at radius 1 is 0.800 bits per heavy atom. The fourth-order valence-corrected chi connectivity index (χ4v) is 4.73.